The molecule has 2 fully saturated rings. The normalized spacial score (nSPS) is 27.2. The van der Waals surface area contributed by atoms with E-state index >= 15 is 0 Å². The molecule has 8 amide bonds. The quantitative estimate of drug-likeness (QED) is 0.111. The smallest absolute Gasteiger partial charge is 0.246 e. The zero-order valence-electron chi connectivity index (χ0n) is 36.5. The van der Waals surface area contributed by atoms with E-state index in [1.165, 1.54) is 11.8 Å². The largest absolute Gasteiger partial charge is 0.479 e. The third-order valence-electron chi connectivity index (χ3n) is 12.1. The standard InChI is InChI=1S/C42H62N10O12/c1-5-9-64-41-26-13-29-38(60)45-17-35(59)51-36(20(3)6-2)39(61)46-15-33(57)44-16-34(58)47-30(14-32(43)56)42(63)52-18-24(54)11-23(52)12-27(22-7-8-25(26)28(10-22)50-41)48-37(40(62)49-29)21(4)31(55)19-53/h7-8,10,20-21,23-24,27,29-31,36-37,48,50,53-55H,5-6,9,11-19H2,1-4H3,(H2,43,56)(H,44,57)(H,45,60)(H,46,61)(H,47,58)(H,49,62)(H,51,59)/t20-,21-,23-,24+,27?,29+,30-,31-,36-,37-/m0/s1. The molecule has 22 nitrogen and oxygen atoms in total. The number of aromatic nitrogens is 1. The van der Waals surface area contributed by atoms with Crippen LogP contribution in [0.1, 0.15) is 77.0 Å². The van der Waals surface area contributed by atoms with Gasteiger partial charge < -0.3 is 67.6 Å². The number of hydrogen-bond acceptors (Lipinski definition) is 13. The molecule has 2 saturated heterocycles. The van der Waals surface area contributed by atoms with Crippen molar-refractivity contribution in [2.24, 2.45) is 17.6 Å². The summed E-state index contributed by atoms with van der Waals surface area (Å²) in [5.41, 5.74) is 7.26. The van der Waals surface area contributed by atoms with Gasteiger partial charge in [-0.3, -0.25) is 43.7 Å². The van der Waals surface area contributed by atoms with Crippen LogP contribution in [-0.2, 0) is 44.8 Å². The first-order valence-corrected chi connectivity index (χ1v) is 21.7. The number of aliphatic hydroxyl groups is 3. The molecule has 10 atom stereocenters. The van der Waals surface area contributed by atoms with E-state index in [0.29, 0.717) is 47.4 Å². The molecular formula is C42H62N10O12. The van der Waals surface area contributed by atoms with Crippen LogP contribution in [0.25, 0.3) is 10.9 Å². The number of fused-ring (bicyclic) bond motifs is 2. The molecule has 0 aliphatic carbocycles. The maximum atomic E-state index is 14.6. The number of aromatic amines is 1. The Morgan fingerprint density at radius 3 is 2.25 bits per heavy atom. The van der Waals surface area contributed by atoms with Crippen LogP contribution in [0, 0.1) is 11.8 Å². The number of nitrogens with zero attached hydrogens (tertiary/aromatic N) is 1. The number of aliphatic hydroxyl groups excluding tert-OH is 3. The Balaban J connectivity index is 1.64. The molecule has 0 spiro atoms. The van der Waals surface area contributed by atoms with Crippen LogP contribution in [0.15, 0.2) is 18.2 Å². The lowest BCUT2D eigenvalue weighted by molar-refractivity contribution is -0.139. The first kappa shape index (κ1) is 49.2. The number of benzene rings is 1. The highest BCUT2D eigenvalue weighted by atomic mass is 16.5. The van der Waals surface area contributed by atoms with Gasteiger partial charge in [0.15, 0.2) is 5.88 Å². The Kier molecular flexibility index (Phi) is 17.0. The highest BCUT2D eigenvalue weighted by Gasteiger charge is 2.42. The fraction of sp³-hybridized carbons (Fsp3) is 0.619. The second kappa shape index (κ2) is 22.2. The van der Waals surface area contributed by atoms with Gasteiger partial charge in [0.1, 0.15) is 18.1 Å². The average molecular weight is 899 g/mol. The Labute approximate surface area is 369 Å². The van der Waals surface area contributed by atoms with Gasteiger partial charge in [0.25, 0.3) is 0 Å². The molecule has 5 heterocycles. The van der Waals surface area contributed by atoms with Crippen molar-refractivity contribution in [1.29, 1.82) is 0 Å². The van der Waals surface area contributed by atoms with Gasteiger partial charge in [-0.05, 0) is 36.8 Å². The van der Waals surface area contributed by atoms with E-state index in [4.69, 9.17) is 10.5 Å². The number of ether oxygens (including phenoxy) is 1. The summed E-state index contributed by atoms with van der Waals surface area (Å²) in [6, 6.07) is -1.49. The van der Waals surface area contributed by atoms with Gasteiger partial charge in [-0.15, -0.1) is 0 Å². The van der Waals surface area contributed by atoms with Crippen LogP contribution in [0.2, 0.25) is 0 Å². The van der Waals surface area contributed by atoms with Crippen molar-refractivity contribution in [3.8, 4) is 5.88 Å². The third kappa shape index (κ3) is 12.2. The minimum Gasteiger partial charge on any atom is -0.479 e. The number of nitrogens with one attached hydrogen (secondary N) is 8. The molecule has 4 aliphatic heterocycles. The number of carbonyl (C=O) groups excluding carboxylic acids is 8. The summed E-state index contributed by atoms with van der Waals surface area (Å²) in [6.45, 7) is 4.48. The zero-order chi connectivity index (χ0) is 46.8. The Morgan fingerprint density at radius 1 is 0.875 bits per heavy atom. The van der Waals surface area contributed by atoms with Crippen molar-refractivity contribution >= 4 is 58.2 Å². The van der Waals surface area contributed by atoms with Crippen molar-refractivity contribution in [2.45, 2.75) is 115 Å². The molecule has 13 N–H and O–H groups in total. The average Bonchev–Trinajstić information content (AvgIpc) is 3.81. The Bertz CT molecular complexity index is 2060. The predicted molar refractivity (Wildman–Crippen MR) is 229 cm³/mol. The predicted octanol–water partition coefficient (Wildman–Crippen LogP) is -3.41. The number of hydrogen-bond donors (Lipinski definition) is 12. The van der Waals surface area contributed by atoms with Crippen LogP contribution in [0.3, 0.4) is 0 Å². The van der Waals surface area contributed by atoms with Crippen LogP contribution >= 0.6 is 0 Å². The lowest BCUT2D eigenvalue weighted by atomic mass is 9.89. The highest BCUT2D eigenvalue weighted by molar-refractivity contribution is 5.96. The fourth-order valence-electron chi connectivity index (χ4n) is 8.28. The van der Waals surface area contributed by atoms with Crippen molar-refractivity contribution in [3.63, 3.8) is 0 Å². The Morgan fingerprint density at radius 2 is 1.56 bits per heavy atom. The number of amides is 8. The minimum atomic E-state index is -1.51. The first-order valence-electron chi connectivity index (χ1n) is 21.7. The van der Waals surface area contributed by atoms with E-state index in [0.717, 1.165) is 0 Å². The van der Waals surface area contributed by atoms with Crippen molar-refractivity contribution < 1.29 is 58.4 Å². The molecule has 6 bridgehead atoms. The van der Waals surface area contributed by atoms with Gasteiger partial charge in [0.05, 0.1) is 57.5 Å². The number of nitrogens with two attached hydrogens (primary N) is 1. The summed E-state index contributed by atoms with van der Waals surface area (Å²) in [6.07, 6.45) is -2.05. The van der Waals surface area contributed by atoms with Gasteiger partial charge >= 0.3 is 0 Å². The third-order valence-corrected chi connectivity index (χ3v) is 12.1. The molecule has 352 valence electrons. The second-order valence-corrected chi connectivity index (χ2v) is 16.9. The Hall–Kier alpha value is -5.84. The van der Waals surface area contributed by atoms with Gasteiger partial charge in [-0.2, -0.15) is 0 Å². The number of carbonyl (C=O) groups is 8. The minimum absolute atomic E-state index is 0.0302. The highest BCUT2D eigenvalue weighted by Crippen LogP contribution is 2.35. The van der Waals surface area contributed by atoms with Crippen LogP contribution in [0.4, 0.5) is 0 Å². The maximum absolute atomic E-state index is 14.6. The molecule has 0 radical (unpaired) electrons. The summed E-state index contributed by atoms with van der Waals surface area (Å²) in [7, 11) is 0. The van der Waals surface area contributed by atoms with E-state index in [-0.39, 0.29) is 25.8 Å². The lowest BCUT2D eigenvalue weighted by Gasteiger charge is -2.35. The van der Waals surface area contributed by atoms with Crippen molar-refractivity contribution in [1.82, 2.24) is 47.1 Å². The van der Waals surface area contributed by atoms with E-state index in [1.54, 1.807) is 19.9 Å². The van der Waals surface area contributed by atoms with Crippen LogP contribution < -0.4 is 47.7 Å². The molecular weight excluding hydrogens is 837 g/mol. The summed E-state index contributed by atoms with van der Waals surface area (Å²) in [5.74, 6) is -7.40. The van der Waals surface area contributed by atoms with Crippen LogP contribution in [0.5, 0.6) is 5.88 Å². The number of H-pyrrole nitrogens is 1. The van der Waals surface area contributed by atoms with Crippen LogP contribution in [-0.4, -0.2) is 154 Å². The van der Waals surface area contributed by atoms with E-state index < -0.39 is 140 Å². The van der Waals surface area contributed by atoms with E-state index in [2.05, 4.69) is 42.2 Å². The van der Waals surface area contributed by atoms with Crippen molar-refractivity contribution in [2.75, 3.05) is 39.4 Å². The summed E-state index contributed by atoms with van der Waals surface area (Å²) < 4.78 is 6.11. The summed E-state index contributed by atoms with van der Waals surface area (Å²) in [4.78, 5) is 112. The first-order chi connectivity index (χ1) is 30.4. The molecule has 1 aromatic heterocycles. The number of rotatable bonds is 10. The molecule has 6 rings (SSSR count). The van der Waals surface area contributed by atoms with Crippen molar-refractivity contribution in [3.05, 3.63) is 29.3 Å². The molecule has 1 aromatic carbocycles. The van der Waals surface area contributed by atoms with E-state index in [1.807, 2.05) is 19.1 Å². The van der Waals surface area contributed by atoms with Gasteiger partial charge in [0.2, 0.25) is 47.3 Å². The molecule has 2 aromatic rings. The van der Waals surface area contributed by atoms with E-state index in [9.17, 15) is 53.7 Å². The molecule has 1 unspecified atom stereocenters. The summed E-state index contributed by atoms with van der Waals surface area (Å²) in [5, 5.41) is 51.1. The fourth-order valence-corrected chi connectivity index (χ4v) is 8.28. The monoisotopic (exact) mass is 898 g/mol. The summed E-state index contributed by atoms with van der Waals surface area (Å²) >= 11 is 0. The lowest BCUT2D eigenvalue weighted by Crippen LogP contribution is -2.58. The second-order valence-electron chi connectivity index (χ2n) is 16.9. The molecule has 64 heavy (non-hydrogen) atoms. The molecule has 0 saturated carbocycles. The molecule has 22 heteroatoms. The van der Waals surface area contributed by atoms with Gasteiger partial charge in [0, 0.05) is 47.4 Å². The number of primary amides is 1. The zero-order valence-corrected chi connectivity index (χ0v) is 36.5. The SMILES string of the molecule is CCCOc1[nH]c2cc3ccc2c1C[C@H]1NC(=O)[C@H]([C@@H](C)[C@@H](O)CO)NC3C[C@@H]2C[C@@H](O)CN2C(=O)[C@H](CC(N)=O)NC(=O)CNC(=O)CNC(=O)[C@H]([C@@H](C)CC)NC(=O)CNC1=O. The topological polar surface area (TPSA) is 336 Å². The van der Waals surface area contributed by atoms with Gasteiger partial charge in [-0.1, -0.05) is 46.2 Å². The maximum Gasteiger partial charge on any atom is 0.246 e. The molecule has 4 aliphatic rings. The van der Waals surface area contributed by atoms with Gasteiger partial charge in [-0.25, -0.2) is 0 Å².